The van der Waals surface area contributed by atoms with Crippen LogP contribution in [0.4, 0.5) is 5.69 Å². The maximum atomic E-state index is 12.2. The number of ether oxygens (including phenoxy) is 1. The first-order valence-electron chi connectivity index (χ1n) is 6.41. The van der Waals surface area contributed by atoms with Gasteiger partial charge in [-0.15, -0.1) is 0 Å². The lowest BCUT2D eigenvalue weighted by molar-refractivity contribution is -0.140. The van der Waals surface area contributed by atoms with Gasteiger partial charge in [0.25, 0.3) is 0 Å². The Balaban J connectivity index is 2.42. The quantitative estimate of drug-likeness (QED) is 0.831. The lowest BCUT2D eigenvalue weighted by Gasteiger charge is -2.35. The Morgan fingerprint density at radius 1 is 1.50 bits per heavy atom. The predicted octanol–water partition coefficient (Wildman–Crippen LogP) is 1.75. The number of thiol groups is 1. The molecule has 1 unspecified atom stereocenters. The summed E-state index contributed by atoms with van der Waals surface area (Å²) in [5, 5.41) is 9.31. The number of hydrogen-bond acceptors (Lipinski definition) is 4. The fourth-order valence-corrected chi connectivity index (χ4v) is 2.66. The van der Waals surface area contributed by atoms with E-state index in [0.717, 1.165) is 5.56 Å². The number of benzene rings is 1. The van der Waals surface area contributed by atoms with Crippen LogP contribution in [-0.2, 0) is 16.0 Å². The number of carboxylic acids is 1. The first-order chi connectivity index (χ1) is 9.58. The molecule has 0 saturated carbocycles. The SMILES string of the molecule is COc1ccc2c(c1)CCC(C(=O)O)N2C(=O)CCS. The Hall–Kier alpha value is -1.69. The van der Waals surface area contributed by atoms with Crippen LogP contribution in [0.2, 0.25) is 0 Å². The fourth-order valence-electron chi connectivity index (χ4n) is 2.47. The van der Waals surface area contributed by atoms with Crippen LogP contribution in [0.1, 0.15) is 18.4 Å². The van der Waals surface area contributed by atoms with Crippen LogP contribution < -0.4 is 9.64 Å². The zero-order valence-corrected chi connectivity index (χ0v) is 12.1. The van der Waals surface area contributed by atoms with Gasteiger partial charge in [0.15, 0.2) is 0 Å². The van der Waals surface area contributed by atoms with Crippen molar-refractivity contribution in [1.29, 1.82) is 0 Å². The third-order valence-electron chi connectivity index (χ3n) is 3.42. The molecular weight excluding hydrogens is 278 g/mol. The molecule has 0 fully saturated rings. The number of aliphatic carboxylic acids is 1. The second-order valence-corrected chi connectivity index (χ2v) is 5.07. The number of carboxylic acid groups (broad SMARTS) is 1. The van der Waals surface area contributed by atoms with E-state index in [9.17, 15) is 14.7 Å². The smallest absolute Gasteiger partial charge is 0.326 e. The van der Waals surface area contributed by atoms with Gasteiger partial charge in [-0.25, -0.2) is 4.79 Å². The summed E-state index contributed by atoms with van der Waals surface area (Å²) in [5.74, 6) is -0.0794. The molecule has 0 radical (unpaired) electrons. The maximum absolute atomic E-state index is 12.2. The minimum Gasteiger partial charge on any atom is -0.497 e. The van der Waals surface area contributed by atoms with Crippen LogP contribution >= 0.6 is 12.6 Å². The topological polar surface area (TPSA) is 66.8 Å². The van der Waals surface area contributed by atoms with Gasteiger partial charge in [0, 0.05) is 12.1 Å². The van der Waals surface area contributed by atoms with Crippen molar-refractivity contribution in [3.05, 3.63) is 23.8 Å². The van der Waals surface area contributed by atoms with Crippen molar-refractivity contribution >= 4 is 30.2 Å². The van der Waals surface area contributed by atoms with Crippen LogP contribution in [-0.4, -0.2) is 35.9 Å². The van der Waals surface area contributed by atoms with Gasteiger partial charge < -0.3 is 9.84 Å². The lowest BCUT2D eigenvalue weighted by Crippen LogP contribution is -2.48. The monoisotopic (exact) mass is 295 g/mol. The number of methoxy groups -OCH3 is 1. The van der Waals surface area contributed by atoms with Crippen molar-refractivity contribution in [2.75, 3.05) is 17.8 Å². The molecule has 1 heterocycles. The van der Waals surface area contributed by atoms with E-state index in [1.165, 1.54) is 4.90 Å². The van der Waals surface area contributed by atoms with Crippen molar-refractivity contribution in [2.24, 2.45) is 0 Å². The summed E-state index contributed by atoms with van der Waals surface area (Å²) in [5.41, 5.74) is 1.60. The third-order valence-corrected chi connectivity index (χ3v) is 3.65. The van der Waals surface area contributed by atoms with Gasteiger partial charge >= 0.3 is 5.97 Å². The molecule has 5 nitrogen and oxygen atoms in total. The van der Waals surface area contributed by atoms with Gasteiger partial charge in [-0.1, -0.05) is 0 Å². The number of carbonyl (C=O) groups excluding carboxylic acids is 1. The molecule has 1 aliphatic heterocycles. The molecule has 1 aromatic carbocycles. The second kappa shape index (κ2) is 6.17. The largest absolute Gasteiger partial charge is 0.497 e. The molecule has 108 valence electrons. The molecule has 2 rings (SSSR count). The molecular formula is C14H17NO4S. The predicted molar refractivity (Wildman–Crippen MR) is 78.7 cm³/mol. The van der Waals surface area contributed by atoms with E-state index < -0.39 is 12.0 Å². The first kappa shape index (κ1) is 14.7. The number of amides is 1. The molecule has 1 atom stereocenters. The second-order valence-electron chi connectivity index (χ2n) is 4.62. The molecule has 1 N–H and O–H groups in total. The van der Waals surface area contributed by atoms with Gasteiger partial charge in [0.1, 0.15) is 11.8 Å². The number of fused-ring (bicyclic) bond motifs is 1. The standard InChI is InChI=1S/C14H17NO4S/c1-19-10-3-5-11-9(8-10)2-4-12(14(17)18)15(11)13(16)6-7-20/h3,5,8,12,20H,2,4,6-7H2,1H3,(H,17,18). The summed E-state index contributed by atoms with van der Waals surface area (Å²) in [7, 11) is 1.58. The van der Waals surface area contributed by atoms with Crippen molar-refractivity contribution < 1.29 is 19.4 Å². The Morgan fingerprint density at radius 2 is 2.25 bits per heavy atom. The summed E-state index contributed by atoms with van der Waals surface area (Å²) >= 11 is 4.05. The van der Waals surface area contributed by atoms with Crippen molar-refractivity contribution in [3.8, 4) is 5.75 Å². The molecule has 0 aromatic heterocycles. The molecule has 0 aliphatic carbocycles. The van der Waals surface area contributed by atoms with Crippen molar-refractivity contribution in [2.45, 2.75) is 25.3 Å². The average molecular weight is 295 g/mol. The highest BCUT2D eigenvalue weighted by Gasteiger charge is 2.35. The minimum absolute atomic E-state index is 0.210. The van der Waals surface area contributed by atoms with Crippen molar-refractivity contribution in [1.82, 2.24) is 0 Å². The third kappa shape index (κ3) is 2.75. The van der Waals surface area contributed by atoms with E-state index >= 15 is 0 Å². The van der Waals surface area contributed by atoms with Gasteiger partial charge in [0.05, 0.1) is 7.11 Å². The van der Waals surface area contributed by atoms with Crippen LogP contribution in [0.25, 0.3) is 0 Å². The first-order valence-corrected chi connectivity index (χ1v) is 7.04. The van der Waals surface area contributed by atoms with Crippen molar-refractivity contribution in [3.63, 3.8) is 0 Å². The lowest BCUT2D eigenvalue weighted by atomic mass is 9.95. The van der Waals surface area contributed by atoms with Gasteiger partial charge in [0.2, 0.25) is 5.91 Å². The number of rotatable bonds is 4. The highest BCUT2D eigenvalue weighted by atomic mass is 32.1. The van der Waals surface area contributed by atoms with E-state index in [1.54, 1.807) is 19.2 Å². The van der Waals surface area contributed by atoms with Gasteiger partial charge in [-0.05, 0) is 42.4 Å². The number of nitrogens with zero attached hydrogens (tertiary/aromatic N) is 1. The Morgan fingerprint density at radius 3 is 2.85 bits per heavy atom. The number of hydrogen-bond donors (Lipinski definition) is 2. The number of anilines is 1. The summed E-state index contributed by atoms with van der Waals surface area (Å²) in [4.78, 5) is 25.0. The highest BCUT2D eigenvalue weighted by Crippen LogP contribution is 2.34. The Kier molecular flexibility index (Phi) is 4.54. The van der Waals surface area contributed by atoms with Crippen LogP contribution in [0.3, 0.4) is 0 Å². The molecule has 1 amide bonds. The van der Waals surface area contributed by atoms with Gasteiger partial charge in [-0.2, -0.15) is 12.6 Å². The van der Waals surface area contributed by atoms with Crippen LogP contribution in [0.15, 0.2) is 18.2 Å². The maximum Gasteiger partial charge on any atom is 0.326 e. The van der Waals surface area contributed by atoms with E-state index in [2.05, 4.69) is 12.6 Å². The average Bonchev–Trinajstić information content (AvgIpc) is 2.45. The summed E-state index contributed by atoms with van der Waals surface area (Å²) in [6.45, 7) is 0. The molecule has 0 saturated heterocycles. The van der Waals surface area contributed by atoms with Crippen LogP contribution in [0.5, 0.6) is 5.75 Å². The van der Waals surface area contributed by atoms with Gasteiger partial charge in [-0.3, -0.25) is 9.69 Å². The summed E-state index contributed by atoms with van der Waals surface area (Å²) in [6, 6.07) is 4.54. The molecule has 0 spiro atoms. The Labute approximate surface area is 122 Å². The number of aryl methyl sites for hydroxylation is 1. The molecule has 1 aliphatic rings. The van der Waals surface area contributed by atoms with E-state index in [0.29, 0.717) is 30.0 Å². The van der Waals surface area contributed by atoms with E-state index in [1.807, 2.05) is 6.07 Å². The zero-order chi connectivity index (χ0) is 14.7. The highest BCUT2D eigenvalue weighted by molar-refractivity contribution is 7.80. The summed E-state index contributed by atoms with van der Waals surface area (Å²) in [6.07, 6.45) is 1.25. The normalized spacial score (nSPS) is 17.5. The summed E-state index contributed by atoms with van der Waals surface area (Å²) < 4.78 is 5.17. The molecule has 20 heavy (non-hydrogen) atoms. The van der Waals surface area contributed by atoms with E-state index in [-0.39, 0.29) is 12.3 Å². The van der Waals surface area contributed by atoms with E-state index in [4.69, 9.17) is 4.74 Å². The molecule has 0 bridgehead atoms. The zero-order valence-electron chi connectivity index (χ0n) is 11.2. The minimum atomic E-state index is -0.973. The number of carbonyl (C=O) groups is 2. The van der Waals surface area contributed by atoms with Crippen LogP contribution in [0, 0.1) is 0 Å². The molecule has 6 heteroatoms. The molecule has 1 aromatic rings. The fraction of sp³-hybridized carbons (Fsp3) is 0.429. The Bertz CT molecular complexity index is 532.